The molecule has 34 heavy (non-hydrogen) atoms. The van der Waals surface area contributed by atoms with Crippen LogP contribution in [0.2, 0.25) is 0 Å². The van der Waals surface area contributed by atoms with E-state index in [9.17, 15) is 18.3 Å². The van der Waals surface area contributed by atoms with Gasteiger partial charge in [0.2, 0.25) is 0 Å². The van der Waals surface area contributed by atoms with E-state index in [1.807, 2.05) is 19.1 Å². The Morgan fingerprint density at radius 2 is 1.68 bits per heavy atom. The lowest BCUT2D eigenvalue weighted by molar-refractivity contribution is 0.0696. The Kier molecular flexibility index (Phi) is 11.4. The van der Waals surface area contributed by atoms with Crippen LogP contribution in [0.4, 0.5) is 0 Å². The average Bonchev–Trinajstić information content (AvgIpc) is 2.81. The van der Waals surface area contributed by atoms with Gasteiger partial charge in [-0.25, -0.2) is 4.79 Å². The molecule has 0 fully saturated rings. The molecule has 0 heterocycles. The molecule has 2 rings (SSSR count). The van der Waals surface area contributed by atoms with Gasteiger partial charge in [-0.15, -0.1) is 0 Å². The molecule has 0 saturated heterocycles. The van der Waals surface area contributed by atoms with E-state index in [1.54, 1.807) is 24.3 Å². The number of hydrogen-bond donors (Lipinski definition) is 1. The van der Waals surface area contributed by atoms with Gasteiger partial charge in [-0.1, -0.05) is 38.8 Å². The molecule has 0 aliphatic heterocycles. The SMILES string of the molecule is CCCCOCc1cc(C(=O)O)ccc1CCCc1ccc(OS(=O)(=O)CCCC)c(OC)c1. The Morgan fingerprint density at radius 3 is 2.35 bits per heavy atom. The maximum atomic E-state index is 12.1. The van der Waals surface area contributed by atoms with Gasteiger partial charge in [-0.05, 0) is 73.1 Å². The number of carboxylic acids is 1. The lowest BCUT2D eigenvalue weighted by Crippen LogP contribution is -2.14. The van der Waals surface area contributed by atoms with Crippen molar-refractivity contribution in [2.45, 2.75) is 65.4 Å². The molecule has 0 spiro atoms. The largest absolute Gasteiger partial charge is 0.493 e. The standard InChI is InChI=1S/C26H36O7S/c1-4-6-15-32-19-23-18-22(26(27)28)13-12-21(23)10-8-9-20-11-14-24(25(17-20)31-3)33-34(29,30)16-7-5-2/h11-14,17-18H,4-10,15-16,19H2,1-3H3,(H,27,28). The number of benzene rings is 2. The van der Waals surface area contributed by atoms with E-state index in [0.29, 0.717) is 25.4 Å². The van der Waals surface area contributed by atoms with Crippen molar-refractivity contribution in [3.63, 3.8) is 0 Å². The quantitative estimate of drug-likeness (QED) is 0.248. The third-order valence-corrected chi connectivity index (χ3v) is 6.68. The molecule has 188 valence electrons. The van der Waals surface area contributed by atoms with E-state index < -0.39 is 16.1 Å². The Balaban J connectivity index is 2.04. The lowest BCUT2D eigenvalue weighted by Gasteiger charge is -2.13. The summed E-state index contributed by atoms with van der Waals surface area (Å²) in [7, 11) is -2.17. The number of methoxy groups -OCH3 is 1. The van der Waals surface area contributed by atoms with Crippen LogP contribution in [0, 0.1) is 0 Å². The highest BCUT2D eigenvalue weighted by atomic mass is 32.2. The monoisotopic (exact) mass is 492 g/mol. The molecule has 0 bridgehead atoms. The van der Waals surface area contributed by atoms with Gasteiger partial charge < -0.3 is 18.8 Å². The minimum atomic E-state index is -3.65. The van der Waals surface area contributed by atoms with Gasteiger partial charge in [0.25, 0.3) is 0 Å². The number of aromatic carboxylic acids is 1. The fourth-order valence-corrected chi connectivity index (χ4v) is 4.62. The summed E-state index contributed by atoms with van der Waals surface area (Å²) in [6.45, 7) is 5.06. The molecular formula is C26H36O7S. The van der Waals surface area contributed by atoms with Crippen LogP contribution >= 0.6 is 0 Å². The molecule has 2 aromatic carbocycles. The number of carbonyl (C=O) groups is 1. The molecule has 0 saturated carbocycles. The van der Waals surface area contributed by atoms with Gasteiger partial charge in [0.05, 0.1) is 25.0 Å². The molecule has 0 amide bonds. The van der Waals surface area contributed by atoms with E-state index >= 15 is 0 Å². The molecule has 0 aliphatic carbocycles. The van der Waals surface area contributed by atoms with Crippen molar-refractivity contribution in [2.24, 2.45) is 0 Å². The smallest absolute Gasteiger partial charge is 0.335 e. The molecule has 0 aliphatic rings. The van der Waals surface area contributed by atoms with Crippen LogP contribution in [0.25, 0.3) is 0 Å². The summed E-state index contributed by atoms with van der Waals surface area (Å²) in [4.78, 5) is 11.4. The second-order valence-electron chi connectivity index (χ2n) is 8.23. The van der Waals surface area contributed by atoms with Crippen molar-refractivity contribution in [3.8, 4) is 11.5 Å². The highest BCUT2D eigenvalue weighted by molar-refractivity contribution is 7.87. The van der Waals surface area contributed by atoms with Crippen LogP contribution < -0.4 is 8.92 Å². The first-order valence-corrected chi connectivity index (χ1v) is 13.4. The van der Waals surface area contributed by atoms with Gasteiger partial charge in [0.15, 0.2) is 11.5 Å². The van der Waals surface area contributed by atoms with Gasteiger partial charge in [-0.2, -0.15) is 8.42 Å². The predicted octanol–water partition coefficient (Wildman–Crippen LogP) is 5.39. The van der Waals surface area contributed by atoms with Crippen LogP contribution in [-0.2, 0) is 34.3 Å². The highest BCUT2D eigenvalue weighted by Gasteiger charge is 2.16. The third kappa shape index (κ3) is 8.99. The van der Waals surface area contributed by atoms with Crippen molar-refractivity contribution in [2.75, 3.05) is 19.5 Å². The highest BCUT2D eigenvalue weighted by Crippen LogP contribution is 2.30. The second-order valence-corrected chi connectivity index (χ2v) is 9.92. The average molecular weight is 493 g/mol. The predicted molar refractivity (Wildman–Crippen MR) is 132 cm³/mol. The van der Waals surface area contributed by atoms with E-state index in [0.717, 1.165) is 55.2 Å². The lowest BCUT2D eigenvalue weighted by atomic mass is 9.98. The number of aryl methyl sites for hydroxylation is 2. The molecule has 0 atom stereocenters. The van der Waals surface area contributed by atoms with Crippen molar-refractivity contribution in [3.05, 3.63) is 58.7 Å². The number of carboxylic acid groups (broad SMARTS) is 1. The minimum absolute atomic E-state index is 0.0282. The van der Waals surface area contributed by atoms with Crippen LogP contribution in [0.15, 0.2) is 36.4 Å². The summed E-state index contributed by atoms with van der Waals surface area (Å²) < 4.78 is 40.6. The molecule has 0 aromatic heterocycles. The van der Waals surface area contributed by atoms with Gasteiger partial charge in [-0.3, -0.25) is 0 Å². The van der Waals surface area contributed by atoms with Gasteiger partial charge in [0, 0.05) is 6.61 Å². The van der Waals surface area contributed by atoms with Crippen LogP contribution in [0.5, 0.6) is 11.5 Å². The van der Waals surface area contributed by atoms with Crippen LogP contribution in [0.1, 0.15) is 73.0 Å². The Bertz CT molecular complexity index is 1030. The maximum absolute atomic E-state index is 12.1. The summed E-state index contributed by atoms with van der Waals surface area (Å²) in [6, 6.07) is 10.5. The Hall–Kier alpha value is -2.58. The van der Waals surface area contributed by atoms with Gasteiger partial charge in [0.1, 0.15) is 0 Å². The summed E-state index contributed by atoms with van der Waals surface area (Å²) in [5.74, 6) is -0.404. The van der Waals surface area contributed by atoms with E-state index in [4.69, 9.17) is 13.7 Å². The second kappa shape index (κ2) is 14.0. The number of ether oxygens (including phenoxy) is 2. The van der Waals surface area contributed by atoms with Crippen LogP contribution in [-0.4, -0.2) is 39.0 Å². The molecule has 8 heteroatoms. The molecule has 2 aromatic rings. The normalized spacial score (nSPS) is 11.4. The zero-order chi connectivity index (χ0) is 25.0. The summed E-state index contributed by atoms with van der Waals surface area (Å²) >= 11 is 0. The van der Waals surface area contributed by atoms with E-state index in [2.05, 4.69) is 6.92 Å². The zero-order valence-electron chi connectivity index (χ0n) is 20.3. The van der Waals surface area contributed by atoms with E-state index in [-0.39, 0.29) is 17.1 Å². The molecule has 1 N–H and O–H groups in total. The van der Waals surface area contributed by atoms with E-state index in [1.165, 1.54) is 7.11 Å². The fourth-order valence-electron chi connectivity index (χ4n) is 3.48. The molecule has 0 radical (unpaired) electrons. The summed E-state index contributed by atoms with van der Waals surface area (Å²) in [6.07, 6.45) is 5.66. The number of rotatable bonds is 16. The zero-order valence-corrected chi connectivity index (χ0v) is 21.2. The molecular weight excluding hydrogens is 456 g/mol. The van der Waals surface area contributed by atoms with Crippen molar-refractivity contribution in [1.29, 1.82) is 0 Å². The summed E-state index contributed by atoms with van der Waals surface area (Å²) in [5.41, 5.74) is 3.22. The van der Waals surface area contributed by atoms with Crippen molar-refractivity contribution < 1.29 is 32.0 Å². The first kappa shape index (κ1) is 27.7. The maximum Gasteiger partial charge on any atom is 0.335 e. The third-order valence-electron chi connectivity index (χ3n) is 5.46. The van der Waals surface area contributed by atoms with Crippen molar-refractivity contribution >= 4 is 16.1 Å². The minimum Gasteiger partial charge on any atom is -0.493 e. The number of hydrogen-bond acceptors (Lipinski definition) is 6. The first-order valence-electron chi connectivity index (χ1n) is 11.8. The van der Waals surface area contributed by atoms with Crippen molar-refractivity contribution in [1.82, 2.24) is 0 Å². The summed E-state index contributed by atoms with van der Waals surface area (Å²) in [5, 5.41) is 9.32. The Morgan fingerprint density at radius 1 is 0.912 bits per heavy atom. The fraction of sp³-hybridized carbons (Fsp3) is 0.500. The molecule has 0 unspecified atom stereocenters. The van der Waals surface area contributed by atoms with Crippen LogP contribution in [0.3, 0.4) is 0 Å². The molecule has 7 nitrogen and oxygen atoms in total. The first-order chi connectivity index (χ1) is 16.3. The Labute approximate surface area is 203 Å². The van der Waals surface area contributed by atoms with Gasteiger partial charge >= 0.3 is 16.1 Å². The topological polar surface area (TPSA) is 99.1 Å². The number of unbranched alkanes of at least 4 members (excludes halogenated alkanes) is 2.